The summed E-state index contributed by atoms with van der Waals surface area (Å²) in [6.07, 6.45) is 8.93. The van der Waals surface area contributed by atoms with Crippen LogP contribution in [0.5, 0.6) is 0 Å². The van der Waals surface area contributed by atoms with Crippen LogP contribution in [-0.4, -0.2) is 48.0 Å². The molecule has 0 radical (unpaired) electrons. The van der Waals surface area contributed by atoms with Crippen LogP contribution in [0.15, 0.2) is 60.1 Å². The second kappa shape index (κ2) is 6.81. The Morgan fingerprint density at radius 3 is 2.89 bits per heavy atom. The SMILES string of the molecule is CN1CCCC(CN2CC(c3cncc(-c4cccc(Cl)c4)c3)=C3C=C32)C1. The van der Waals surface area contributed by atoms with Crippen LogP contribution in [0.1, 0.15) is 18.4 Å². The third kappa shape index (κ3) is 3.42. The van der Waals surface area contributed by atoms with Gasteiger partial charge in [0.15, 0.2) is 0 Å². The van der Waals surface area contributed by atoms with Crippen molar-refractivity contribution in [2.75, 3.05) is 33.2 Å². The van der Waals surface area contributed by atoms with Gasteiger partial charge >= 0.3 is 0 Å². The Hall–Kier alpha value is -2.10. The molecule has 5 rings (SSSR count). The standard InChI is InChI=1S/C23H24ClN3/c1-26-7-3-4-16(13-26)14-27-15-22(21-10-23(21)27)19-8-18(11-25-12-19)17-5-2-6-20(24)9-17/h2,5-6,8-12,16H,3-4,7,13-15H2,1H3. The molecular weight excluding hydrogens is 354 g/mol. The van der Waals surface area contributed by atoms with Crippen LogP contribution in [0.4, 0.5) is 0 Å². The minimum atomic E-state index is 0.760. The summed E-state index contributed by atoms with van der Waals surface area (Å²) >= 11 is 6.17. The number of hydrogen-bond donors (Lipinski definition) is 0. The van der Waals surface area contributed by atoms with Gasteiger partial charge in [0, 0.05) is 53.9 Å². The average Bonchev–Trinajstić information content (AvgIpc) is 3.39. The summed E-state index contributed by atoms with van der Waals surface area (Å²) in [6.45, 7) is 4.66. The van der Waals surface area contributed by atoms with E-state index in [0.29, 0.717) is 0 Å². The number of rotatable bonds is 4. The van der Waals surface area contributed by atoms with Gasteiger partial charge in [-0.15, -0.1) is 0 Å². The van der Waals surface area contributed by atoms with Crippen LogP contribution in [-0.2, 0) is 0 Å². The quantitative estimate of drug-likeness (QED) is 0.769. The number of hydrogen-bond acceptors (Lipinski definition) is 3. The van der Waals surface area contributed by atoms with Crippen molar-refractivity contribution in [2.45, 2.75) is 12.8 Å². The zero-order valence-electron chi connectivity index (χ0n) is 15.7. The topological polar surface area (TPSA) is 19.4 Å². The Bertz CT molecular complexity index is 946. The molecule has 0 spiro atoms. The molecule has 138 valence electrons. The molecule has 1 aliphatic carbocycles. The van der Waals surface area contributed by atoms with Crippen molar-refractivity contribution in [1.29, 1.82) is 0 Å². The van der Waals surface area contributed by atoms with E-state index in [4.69, 9.17) is 11.6 Å². The van der Waals surface area contributed by atoms with Gasteiger partial charge in [-0.1, -0.05) is 23.7 Å². The highest BCUT2D eigenvalue weighted by Crippen LogP contribution is 2.45. The molecule has 3 heterocycles. The molecule has 1 aromatic heterocycles. The highest BCUT2D eigenvalue weighted by Gasteiger charge is 2.36. The Kier molecular flexibility index (Phi) is 4.30. The lowest BCUT2D eigenvalue weighted by Crippen LogP contribution is -2.37. The van der Waals surface area contributed by atoms with Crippen molar-refractivity contribution < 1.29 is 0 Å². The first-order valence-electron chi connectivity index (χ1n) is 9.77. The Morgan fingerprint density at radius 1 is 1.15 bits per heavy atom. The lowest BCUT2D eigenvalue weighted by molar-refractivity contribution is 0.180. The highest BCUT2D eigenvalue weighted by molar-refractivity contribution is 6.30. The highest BCUT2D eigenvalue weighted by atomic mass is 35.5. The van der Waals surface area contributed by atoms with Gasteiger partial charge in [-0.05, 0) is 73.3 Å². The fourth-order valence-corrected chi connectivity index (χ4v) is 4.73. The molecule has 1 atom stereocenters. The van der Waals surface area contributed by atoms with E-state index in [9.17, 15) is 0 Å². The lowest BCUT2D eigenvalue weighted by atomic mass is 9.97. The molecule has 1 fully saturated rings. The maximum atomic E-state index is 6.17. The van der Waals surface area contributed by atoms with Gasteiger partial charge in [0.05, 0.1) is 0 Å². The van der Waals surface area contributed by atoms with Crippen LogP contribution >= 0.6 is 11.6 Å². The number of piperidine rings is 1. The fraction of sp³-hybridized carbons (Fsp3) is 0.348. The van der Waals surface area contributed by atoms with Crippen molar-refractivity contribution in [2.24, 2.45) is 5.92 Å². The van der Waals surface area contributed by atoms with Crippen LogP contribution in [0.2, 0.25) is 5.02 Å². The second-order valence-corrected chi connectivity index (χ2v) is 8.48. The number of likely N-dealkylation sites (tertiary alicyclic amines) is 1. The molecule has 1 unspecified atom stereocenters. The number of halogens is 1. The van der Waals surface area contributed by atoms with E-state index in [1.165, 1.54) is 54.9 Å². The Morgan fingerprint density at radius 2 is 2.04 bits per heavy atom. The van der Waals surface area contributed by atoms with Gasteiger partial charge in [-0.3, -0.25) is 4.98 Å². The minimum Gasteiger partial charge on any atom is -0.366 e. The maximum Gasteiger partial charge on any atom is 0.0454 e. The number of fused-ring (bicyclic) bond motifs is 1. The van der Waals surface area contributed by atoms with Crippen molar-refractivity contribution in [1.82, 2.24) is 14.8 Å². The molecule has 3 aliphatic rings. The molecule has 2 aromatic rings. The van der Waals surface area contributed by atoms with Crippen molar-refractivity contribution in [3.05, 3.63) is 70.7 Å². The van der Waals surface area contributed by atoms with E-state index in [1.807, 2.05) is 30.6 Å². The van der Waals surface area contributed by atoms with Crippen molar-refractivity contribution >= 4 is 17.2 Å². The van der Waals surface area contributed by atoms with E-state index < -0.39 is 0 Å². The van der Waals surface area contributed by atoms with E-state index in [-0.39, 0.29) is 0 Å². The molecular formula is C23H24ClN3. The van der Waals surface area contributed by atoms with Gasteiger partial charge in [-0.2, -0.15) is 0 Å². The third-order valence-electron chi connectivity index (χ3n) is 5.93. The third-order valence-corrected chi connectivity index (χ3v) is 6.17. The zero-order valence-corrected chi connectivity index (χ0v) is 16.4. The van der Waals surface area contributed by atoms with Gasteiger partial charge in [0.25, 0.3) is 0 Å². The maximum absolute atomic E-state index is 6.17. The summed E-state index contributed by atoms with van der Waals surface area (Å²) < 4.78 is 0. The van der Waals surface area contributed by atoms with E-state index in [2.05, 4.69) is 40.0 Å². The molecule has 0 bridgehead atoms. The summed E-state index contributed by atoms with van der Waals surface area (Å²) in [6, 6.07) is 10.2. The molecule has 3 nitrogen and oxygen atoms in total. The normalized spacial score (nSPS) is 22.1. The average molecular weight is 378 g/mol. The second-order valence-electron chi connectivity index (χ2n) is 8.05. The monoisotopic (exact) mass is 377 g/mol. The molecule has 27 heavy (non-hydrogen) atoms. The van der Waals surface area contributed by atoms with E-state index in [1.54, 1.807) is 0 Å². The first-order chi connectivity index (χ1) is 13.2. The van der Waals surface area contributed by atoms with Crippen LogP contribution < -0.4 is 0 Å². The number of aromatic nitrogens is 1. The fourth-order valence-electron chi connectivity index (χ4n) is 4.54. The van der Waals surface area contributed by atoms with Gasteiger partial charge in [0.1, 0.15) is 0 Å². The molecule has 0 saturated carbocycles. The molecule has 1 aromatic carbocycles. The number of nitrogens with zero attached hydrogens (tertiary/aromatic N) is 3. The first-order valence-corrected chi connectivity index (χ1v) is 10.2. The summed E-state index contributed by atoms with van der Waals surface area (Å²) in [7, 11) is 2.24. The number of benzene rings is 1. The predicted molar refractivity (Wildman–Crippen MR) is 111 cm³/mol. The first kappa shape index (κ1) is 17.0. The molecule has 0 N–H and O–H groups in total. The Balaban J connectivity index is 1.33. The van der Waals surface area contributed by atoms with Gasteiger partial charge in [0.2, 0.25) is 0 Å². The van der Waals surface area contributed by atoms with E-state index >= 15 is 0 Å². The summed E-state index contributed by atoms with van der Waals surface area (Å²) in [5.74, 6) is 0.779. The smallest absolute Gasteiger partial charge is 0.0454 e. The van der Waals surface area contributed by atoms with Gasteiger partial charge in [-0.25, -0.2) is 0 Å². The number of pyridine rings is 1. The minimum absolute atomic E-state index is 0.760. The summed E-state index contributed by atoms with van der Waals surface area (Å²) in [4.78, 5) is 9.55. The summed E-state index contributed by atoms with van der Waals surface area (Å²) in [5.41, 5.74) is 7.78. The van der Waals surface area contributed by atoms with Crippen molar-refractivity contribution in [3.63, 3.8) is 0 Å². The van der Waals surface area contributed by atoms with Crippen LogP contribution in [0.3, 0.4) is 0 Å². The molecule has 4 heteroatoms. The lowest BCUT2D eigenvalue weighted by Gasteiger charge is -2.33. The summed E-state index contributed by atoms with van der Waals surface area (Å²) in [5, 5.41) is 0.760. The zero-order chi connectivity index (χ0) is 18.4. The molecule has 0 amide bonds. The molecule has 2 aliphatic heterocycles. The van der Waals surface area contributed by atoms with Crippen LogP contribution in [0, 0.1) is 5.92 Å². The predicted octanol–water partition coefficient (Wildman–Crippen LogP) is 4.71. The number of allylic oxidation sites excluding steroid dienone is 2. The largest absolute Gasteiger partial charge is 0.366 e. The molecule has 1 saturated heterocycles. The van der Waals surface area contributed by atoms with Crippen LogP contribution in [0.25, 0.3) is 16.7 Å². The van der Waals surface area contributed by atoms with Crippen molar-refractivity contribution in [3.8, 4) is 11.1 Å². The van der Waals surface area contributed by atoms with Gasteiger partial charge < -0.3 is 9.80 Å². The Labute approximate surface area is 166 Å². The van der Waals surface area contributed by atoms with E-state index in [0.717, 1.165) is 28.6 Å².